The average molecular weight is 198 g/mol. The topological polar surface area (TPSA) is 27.7 Å². The number of hydrogen-bond acceptors (Lipinski definition) is 3. The van der Waals surface area contributed by atoms with Crippen molar-refractivity contribution in [1.29, 1.82) is 0 Å². The van der Waals surface area contributed by atoms with Gasteiger partial charge in [0.05, 0.1) is 32.5 Å². The van der Waals surface area contributed by atoms with Crippen LogP contribution in [-0.4, -0.2) is 39.1 Å². The lowest BCUT2D eigenvalue weighted by Crippen LogP contribution is -2.12. The van der Waals surface area contributed by atoms with Crippen molar-refractivity contribution in [3.05, 3.63) is 24.3 Å². The molecule has 1 aliphatic carbocycles. The van der Waals surface area contributed by atoms with Crippen molar-refractivity contribution in [3.8, 4) is 0 Å². The normalized spacial score (nSPS) is 15.5. The van der Waals surface area contributed by atoms with Gasteiger partial charge in [-0.2, -0.15) is 0 Å². The predicted molar refractivity (Wildman–Crippen MR) is 55.3 cm³/mol. The van der Waals surface area contributed by atoms with Gasteiger partial charge in [0.1, 0.15) is 0 Å². The second-order valence-electron chi connectivity index (χ2n) is 2.91. The Kier molecular flexibility index (Phi) is 6.32. The lowest BCUT2D eigenvalue weighted by Gasteiger charge is -2.08. The van der Waals surface area contributed by atoms with Gasteiger partial charge in [-0.15, -0.1) is 0 Å². The van der Waals surface area contributed by atoms with E-state index in [1.165, 1.54) is 0 Å². The Balaban J connectivity index is 1.80. The molecule has 0 radical (unpaired) electrons. The van der Waals surface area contributed by atoms with Gasteiger partial charge in [0.15, 0.2) is 0 Å². The Hall–Kier alpha value is -0.640. The standard InChI is InChI=1S/C11H18O3/c1-2-12-7-8-13-9-10-14-11-5-3-4-6-11/h3-6,11H,2,7-10H2,1H3. The van der Waals surface area contributed by atoms with Gasteiger partial charge in [-0.05, 0) is 6.92 Å². The molecule has 14 heavy (non-hydrogen) atoms. The Labute approximate surface area is 85.3 Å². The molecule has 0 fully saturated rings. The lowest BCUT2D eigenvalue weighted by molar-refractivity contribution is 0.0119. The first kappa shape index (κ1) is 11.4. The summed E-state index contributed by atoms with van der Waals surface area (Å²) in [5.41, 5.74) is 0. The highest BCUT2D eigenvalue weighted by Gasteiger charge is 2.02. The molecule has 0 N–H and O–H groups in total. The fourth-order valence-corrected chi connectivity index (χ4v) is 1.13. The van der Waals surface area contributed by atoms with Crippen LogP contribution in [0, 0.1) is 0 Å². The largest absolute Gasteiger partial charge is 0.379 e. The molecule has 0 amide bonds. The Morgan fingerprint density at radius 1 is 0.929 bits per heavy atom. The summed E-state index contributed by atoms with van der Waals surface area (Å²) in [6.07, 6.45) is 8.15. The molecule has 0 saturated carbocycles. The highest BCUT2D eigenvalue weighted by Crippen LogP contribution is 2.03. The Morgan fingerprint density at radius 3 is 2.29 bits per heavy atom. The van der Waals surface area contributed by atoms with E-state index in [9.17, 15) is 0 Å². The molecule has 0 unspecified atom stereocenters. The third-order valence-electron chi connectivity index (χ3n) is 1.83. The smallest absolute Gasteiger partial charge is 0.0944 e. The monoisotopic (exact) mass is 198 g/mol. The zero-order valence-corrected chi connectivity index (χ0v) is 8.65. The van der Waals surface area contributed by atoms with Crippen molar-refractivity contribution in [3.63, 3.8) is 0 Å². The molecule has 80 valence electrons. The molecule has 0 atom stereocenters. The van der Waals surface area contributed by atoms with Gasteiger partial charge in [-0.25, -0.2) is 0 Å². The second kappa shape index (κ2) is 7.74. The molecule has 1 rings (SSSR count). The van der Waals surface area contributed by atoms with Gasteiger partial charge >= 0.3 is 0 Å². The summed E-state index contributed by atoms with van der Waals surface area (Å²) in [4.78, 5) is 0. The molecule has 0 aliphatic heterocycles. The van der Waals surface area contributed by atoms with Crippen LogP contribution in [0.25, 0.3) is 0 Å². The maximum absolute atomic E-state index is 5.47. The van der Waals surface area contributed by atoms with Crippen molar-refractivity contribution in [1.82, 2.24) is 0 Å². The molecule has 3 nitrogen and oxygen atoms in total. The minimum Gasteiger partial charge on any atom is -0.379 e. The first-order chi connectivity index (χ1) is 6.93. The summed E-state index contributed by atoms with van der Waals surface area (Å²) in [7, 11) is 0. The van der Waals surface area contributed by atoms with Crippen LogP contribution in [0.15, 0.2) is 24.3 Å². The molecule has 0 aromatic carbocycles. The van der Waals surface area contributed by atoms with Crippen LogP contribution in [0.3, 0.4) is 0 Å². The van der Waals surface area contributed by atoms with E-state index in [2.05, 4.69) is 0 Å². The van der Waals surface area contributed by atoms with Crippen molar-refractivity contribution >= 4 is 0 Å². The Morgan fingerprint density at radius 2 is 1.57 bits per heavy atom. The van der Waals surface area contributed by atoms with E-state index in [4.69, 9.17) is 14.2 Å². The van der Waals surface area contributed by atoms with E-state index in [1.54, 1.807) is 0 Å². The van der Waals surface area contributed by atoms with E-state index in [0.29, 0.717) is 26.4 Å². The molecule has 0 heterocycles. The van der Waals surface area contributed by atoms with Crippen LogP contribution in [0.1, 0.15) is 6.92 Å². The zero-order valence-electron chi connectivity index (χ0n) is 8.65. The highest BCUT2D eigenvalue weighted by molar-refractivity contribution is 5.18. The van der Waals surface area contributed by atoms with E-state index >= 15 is 0 Å². The highest BCUT2D eigenvalue weighted by atomic mass is 16.5. The summed E-state index contributed by atoms with van der Waals surface area (Å²) < 4.78 is 15.9. The van der Waals surface area contributed by atoms with Gasteiger partial charge in [0.2, 0.25) is 0 Å². The van der Waals surface area contributed by atoms with Crippen LogP contribution in [0.4, 0.5) is 0 Å². The molecule has 1 aliphatic rings. The van der Waals surface area contributed by atoms with Crippen LogP contribution >= 0.6 is 0 Å². The summed E-state index contributed by atoms with van der Waals surface area (Å²) in [6.45, 7) is 5.30. The number of hydrogen-bond donors (Lipinski definition) is 0. The first-order valence-corrected chi connectivity index (χ1v) is 5.05. The third-order valence-corrected chi connectivity index (χ3v) is 1.83. The number of allylic oxidation sites excluding steroid dienone is 2. The summed E-state index contributed by atoms with van der Waals surface area (Å²) in [6, 6.07) is 0. The molecular weight excluding hydrogens is 180 g/mol. The van der Waals surface area contributed by atoms with Crippen molar-refractivity contribution in [2.75, 3.05) is 33.0 Å². The molecule has 0 bridgehead atoms. The maximum atomic E-state index is 5.47. The van der Waals surface area contributed by atoms with Crippen LogP contribution in [0.2, 0.25) is 0 Å². The first-order valence-electron chi connectivity index (χ1n) is 5.05. The molecule has 0 aromatic heterocycles. The molecular formula is C11H18O3. The van der Waals surface area contributed by atoms with Gasteiger partial charge < -0.3 is 14.2 Å². The van der Waals surface area contributed by atoms with Crippen LogP contribution in [-0.2, 0) is 14.2 Å². The van der Waals surface area contributed by atoms with E-state index < -0.39 is 0 Å². The quantitative estimate of drug-likeness (QED) is 0.554. The zero-order chi connectivity index (χ0) is 10.1. The molecule has 0 saturated heterocycles. The fourth-order valence-electron chi connectivity index (χ4n) is 1.13. The van der Waals surface area contributed by atoms with E-state index in [1.807, 2.05) is 31.2 Å². The lowest BCUT2D eigenvalue weighted by atomic mass is 10.4. The Bertz CT molecular complexity index is 175. The SMILES string of the molecule is CCOCCOCCOC1C=CC=C1. The van der Waals surface area contributed by atoms with Gasteiger partial charge in [0.25, 0.3) is 0 Å². The number of rotatable bonds is 8. The number of ether oxygens (including phenoxy) is 3. The van der Waals surface area contributed by atoms with Gasteiger partial charge in [-0.1, -0.05) is 24.3 Å². The summed E-state index contributed by atoms with van der Waals surface area (Å²) >= 11 is 0. The maximum Gasteiger partial charge on any atom is 0.0944 e. The average Bonchev–Trinajstić information content (AvgIpc) is 2.69. The summed E-state index contributed by atoms with van der Waals surface area (Å²) in [5.74, 6) is 0. The molecule has 0 aromatic rings. The fraction of sp³-hybridized carbons (Fsp3) is 0.636. The second-order valence-corrected chi connectivity index (χ2v) is 2.91. The van der Waals surface area contributed by atoms with Gasteiger partial charge in [-0.3, -0.25) is 0 Å². The molecule has 3 heteroatoms. The van der Waals surface area contributed by atoms with E-state index in [0.717, 1.165) is 6.61 Å². The van der Waals surface area contributed by atoms with E-state index in [-0.39, 0.29) is 6.10 Å². The van der Waals surface area contributed by atoms with Gasteiger partial charge in [0, 0.05) is 6.61 Å². The summed E-state index contributed by atoms with van der Waals surface area (Å²) in [5, 5.41) is 0. The van der Waals surface area contributed by atoms with Crippen molar-refractivity contribution in [2.24, 2.45) is 0 Å². The third kappa shape index (κ3) is 5.17. The minimum absolute atomic E-state index is 0.144. The predicted octanol–water partition coefficient (Wildman–Crippen LogP) is 1.55. The molecule has 0 spiro atoms. The minimum atomic E-state index is 0.144. The van der Waals surface area contributed by atoms with Crippen molar-refractivity contribution < 1.29 is 14.2 Å². The van der Waals surface area contributed by atoms with Crippen LogP contribution < -0.4 is 0 Å². The van der Waals surface area contributed by atoms with Crippen molar-refractivity contribution in [2.45, 2.75) is 13.0 Å². The van der Waals surface area contributed by atoms with Crippen LogP contribution in [0.5, 0.6) is 0 Å².